The Kier molecular flexibility index (Phi) is 5.17. The molecule has 0 spiro atoms. The van der Waals surface area contributed by atoms with E-state index in [4.69, 9.17) is 10.5 Å². The molecule has 0 saturated heterocycles. The molecule has 0 saturated carbocycles. The number of nitrogens with two attached hydrogens (primary N) is 1. The SMILES string of the molecule is CCOc1ccc(C(=O)NC(C)C(=O)NC)cc1N. The summed E-state index contributed by atoms with van der Waals surface area (Å²) in [5.41, 5.74) is 6.55. The van der Waals surface area contributed by atoms with Crippen LogP contribution in [0.15, 0.2) is 18.2 Å². The maximum Gasteiger partial charge on any atom is 0.251 e. The third-order valence-corrected chi connectivity index (χ3v) is 2.56. The first-order valence-electron chi connectivity index (χ1n) is 6.04. The summed E-state index contributed by atoms with van der Waals surface area (Å²) in [5, 5.41) is 5.04. The Morgan fingerprint density at radius 2 is 2.11 bits per heavy atom. The fraction of sp³-hybridized carbons (Fsp3) is 0.385. The van der Waals surface area contributed by atoms with Gasteiger partial charge in [-0.15, -0.1) is 0 Å². The number of amides is 2. The molecule has 0 aliphatic heterocycles. The predicted molar refractivity (Wildman–Crippen MR) is 73.0 cm³/mol. The molecule has 0 aliphatic carbocycles. The minimum Gasteiger partial charge on any atom is -0.492 e. The molecular weight excluding hydrogens is 246 g/mol. The van der Waals surface area contributed by atoms with E-state index in [2.05, 4.69) is 10.6 Å². The van der Waals surface area contributed by atoms with E-state index in [0.717, 1.165) is 0 Å². The van der Waals surface area contributed by atoms with Gasteiger partial charge in [-0.2, -0.15) is 0 Å². The van der Waals surface area contributed by atoms with Crippen LogP contribution in [0.25, 0.3) is 0 Å². The molecular formula is C13H19N3O3. The van der Waals surface area contributed by atoms with Crippen LogP contribution in [0.5, 0.6) is 5.75 Å². The molecule has 1 aromatic carbocycles. The second kappa shape index (κ2) is 6.63. The molecule has 1 unspecified atom stereocenters. The molecule has 0 fully saturated rings. The molecule has 104 valence electrons. The summed E-state index contributed by atoms with van der Waals surface area (Å²) >= 11 is 0. The highest BCUT2D eigenvalue weighted by atomic mass is 16.5. The van der Waals surface area contributed by atoms with Crippen molar-refractivity contribution in [3.8, 4) is 5.75 Å². The molecule has 0 bridgehead atoms. The van der Waals surface area contributed by atoms with Gasteiger partial charge in [0, 0.05) is 12.6 Å². The zero-order chi connectivity index (χ0) is 14.4. The predicted octanol–water partition coefficient (Wildman–Crippen LogP) is 0.532. The van der Waals surface area contributed by atoms with E-state index in [0.29, 0.717) is 23.6 Å². The maximum atomic E-state index is 11.9. The Balaban J connectivity index is 2.78. The van der Waals surface area contributed by atoms with Crippen LogP contribution >= 0.6 is 0 Å². The zero-order valence-corrected chi connectivity index (χ0v) is 11.3. The lowest BCUT2D eigenvalue weighted by Gasteiger charge is -2.13. The van der Waals surface area contributed by atoms with Crippen LogP contribution < -0.4 is 21.1 Å². The molecule has 19 heavy (non-hydrogen) atoms. The van der Waals surface area contributed by atoms with Gasteiger partial charge in [0.1, 0.15) is 11.8 Å². The number of carbonyl (C=O) groups is 2. The fourth-order valence-electron chi connectivity index (χ4n) is 1.54. The van der Waals surface area contributed by atoms with Crippen molar-refractivity contribution < 1.29 is 14.3 Å². The summed E-state index contributed by atoms with van der Waals surface area (Å²) in [7, 11) is 1.51. The normalized spacial score (nSPS) is 11.5. The lowest BCUT2D eigenvalue weighted by atomic mass is 10.1. The topological polar surface area (TPSA) is 93.4 Å². The minimum atomic E-state index is -0.606. The van der Waals surface area contributed by atoms with Gasteiger partial charge in [-0.05, 0) is 32.0 Å². The summed E-state index contributed by atoms with van der Waals surface area (Å²) in [6.07, 6.45) is 0. The second-order valence-corrected chi connectivity index (χ2v) is 4.00. The standard InChI is InChI=1S/C13H19N3O3/c1-4-19-11-6-5-9(7-10(11)14)13(18)16-8(2)12(17)15-3/h5-8H,4,14H2,1-3H3,(H,15,17)(H,16,18). The van der Waals surface area contributed by atoms with Crippen molar-refractivity contribution in [3.63, 3.8) is 0 Å². The first-order chi connectivity index (χ1) is 8.99. The van der Waals surface area contributed by atoms with Crippen LogP contribution in [-0.2, 0) is 4.79 Å². The van der Waals surface area contributed by atoms with Crippen molar-refractivity contribution in [2.45, 2.75) is 19.9 Å². The second-order valence-electron chi connectivity index (χ2n) is 4.00. The van der Waals surface area contributed by atoms with Crippen LogP contribution in [0.4, 0.5) is 5.69 Å². The highest BCUT2D eigenvalue weighted by molar-refractivity contribution is 5.98. The molecule has 6 nitrogen and oxygen atoms in total. The molecule has 0 radical (unpaired) electrons. The Morgan fingerprint density at radius 3 is 2.63 bits per heavy atom. The van der Waals surface area contributed by atoms with Crippen molar-refractivity contribution in [1.82, 2.24) is 10.6 Å². The van der Waals surface area contributed by atoms with Crippen LogP contribution in [0.2, 0.25) is 0 Å². The molecule has 0 heterocycles. The first-order valence-corrected chi connectivity index (χ1v) is 6.04. The van der Waals surface area contributed by atoms with Crippen molar-refractivity contribution >= 4 is 17.5 Å². The lowest BCUT2D eigenvalue weighted by Crippen LogP contribution is -2.43. The molecule has 1 aromatic rings. The largest absolute Gasteiger partial charge is 0.492 e. The number of nitrogens with one attached hydrogen (secondary N) is 2. The van der Waals surface area contributed by atoms with Gasteiger partial charge >= 0.3 is 0 Å². The van der Waals surface area contributed by atoms with E-state index in [1.165, 1.54) is 13.1 Å². The third-order valence-electron chi connectivity index (χ3n) is 2.56. The molecule has 6 heteroatoms. The smallest absolute Gasteiger partial charge is 0.251 e. The van der Waals surface area contributed by atoms with Crippen LogP contribution in [0.1, 0.15) is 24.2 Å². The van der Waals surface area contributed by atoms with E-state index >= 15 is 0 Å². The number of likely N-dealkylation sites (N-methyl/N-ethyl adjacent to an activating group) is 1. The van der Waals surface area contributed by atoms with Gasteiger partial charge in [-0.1, -0.05) is 0 Å². The van der Waals surface area contributed by atoms with Crippen molar-refractivity contribution in [1.29, 1.82) is 0 Å². The quantitative estimate of drug-likeness (QED) is 0.677. The zero-order valence-electron chi connectivity index (χ0n) is 11.3. The number of anilines is 1. The van der Waals surface area contributed by atoms with Gasteiger partial charge in [0.05, 0.1) is 12.3 Å². The van der Waals surface area contributed by atoms with Gasteiger partial charge in [0.15, 0.2) is 0 Å². The Morgan fingerprint density at radius 1 is 1.42 bits per heavy atom. The van der Waals surface area contributed by atoms with Crippen LogP contribution in [0, 0.1) is 0 Å². The number of hydrogen-bond acceptors (Lipinski definition) is 4. The van der Waals surface area contributed by atoms with E-state index in [1.54, 1.807) is 19.1 Å². The number of carbonyl (C=O) groups excluding carboxylic acids is 2. The summed E-state index contributed by atoms with van der Waals surface area (Å²) in [6, 6.07) is 4.16. The van der Waals surface area contributed by atoms with Crippen molar-refractivity contribution in [3.05, 3.63) is 23.8 Å². The lowest BCUT2D eigenvalue weighted by molar-refractivity contribution is -0.122. The fourth-order valence-corrected chi connectivity index (χ4v) is 1.54. The van der Waals surface area contributed by atoms with Gasteiger partial charge in [-0.3, -0.25) is 9.59 Å². The summed E-state index contributed by atoms with van der Waals surface area (Å²) < 4.78 is 5.29. The highest BCUT2D eigenvalue weighted by Gasteiger charge is 2.16. The van der Waals surface area contributed by atoms with Crippen LogP contribution in [-0.4, -0.2) is 31.5 Å². The number of nitrogen functional groups attached to an aromatic ring is 1. The summed E-state index contributed by atoms with van der Waals surface area (Å²) in [4.78, 5) is 23.2. The highest BCUT2D eigenvalue weighted by Crippen LogP contribution is 2.22. The van der Waals surface area contributed by atoms with E-state index in [-0.39, 0.29) is 11.8 Å². The number of rotatable bonds is 5. The van der Waals surface area contributed by atoms with Gasteiger partial charge in [-0.25, -0.2) is 0 Å². The average molecular weight is 265 g/mol. The van der Waals surface area contributed by atoms with Gasteiger partial charge in [0.25, 0.3) is 5.91 Å². The third kappa shape index (κ3) is 3.87. The molecule has 1 rings (SSSR count). The average Bonchev–Trinajstić information content (AvgIpc) is 2.40. The summed E-state index contributed by atoms with van der Waals surface area (Å²) in [5.74, 6) is -0.0727. The van der Waals surface area contributed by atoms with Gasteiger partial charge in [0.2, 0.25) is 5.91 Å². The van der Waals surface area contributed by atoms with E-state index in [9.17, 15) is 9.59 Å². The number of ether oxygens (including phenoxy) is 1. The molecule has 0 aliphatic rings. The summed E-state index contributed by atoms with van der Waals surface area (Å²) in [6.45, 7) is 3.96. The number of benzene rings is 1. The molecule has 2 amide bonds. The van der Waals surface area contributed by atoms with Crippen molar-refractivity contribution in [2.75, 3.05) is 19.4 Å². The molecule has 0 aromatic heterocycles. The monoisotopic (exact) mass is 265 g/mol. The number of hydrogen-bond donors (Lipinski definition) is 3. The minimum absolute atomic E-state index is 0.257. The van der Waals surface area contributed by atoms with Crippen LogP contribution in [0.3, 0.4) is 0 Å². The van der Waals surface area contributed by atoms with Gasteiger partial charge < -0.3 is 21.1 Å². The maximum absolute atomic E-state index is 11.9. The molecule has 4 N–H and O–H groups in total. The Bertz CT molecular complexity index is 474. The van der Waals surface area contributed by atoms with Crippen molar-refractivity contribution in [2.24, 2.45) is 0 Å². The van der Waals surface area contributed by atoms with E-state index < -0.39 is 6.04 Å². The van der Waals surface area contributed by atoms with E-state index in [1.807, 2.05) is 6.92 Å². The first kappa shape index (κ1) is 14.8. The Labute approximate surface area is 112 Å². The Hall–Kier alpha value is -2.24. The molecule has 1 atom stereocenters.